The summed E-state index contributed by atoms with van der Waals surface area (Å²) in [6, 6.07) is 10.2. The Morgan fingerprint density at radius 1 is 1.06 bits per heavy atom. The topological polar surface area (TPSA) is 68.2 Å². The molecule has 1 amide bonds. The van der Waals surface area contributed by atoms with Crippen molar-refractivity contribution in [2.45, 2.75) is 32.4 Å². The van der Waals surface area contributed by atoms with Crippen LogP contribution in [0.25, 0.3) is 5.69 Å². The minimum Gasteiger partial charge on any atom is -0.322 e. The molecule has 0 bridgehead atoms. The van der Waals surface area contributed by atoms with Gasteiger partial charge in [0.05, 0.1) is 5.56 Å². The number of amides is 1. The minimum atomic E-state index is -4.53. The van der Waals surface area contributed by atoms with Crippen LogP contribution in [0.1, 0.15) is 50.4 Å². The zero-order chi connectivity index (χ0) is 23.9. The van der Waals surface area contributed by atoms with Crippen LogP contribution in [0.5, 0.6) is 0 Å². The summed E-state index contributed by atoms with van der Waals surface area (Å²) in [7, 11) is 0. The Bertz CT molecular complexity index is 1330. The Hall–Kier alpha value is -3.39. The molecule has 5 nitrogen and oxygen atoms in total. The molecule has 0 atom stereocenters. The molecule has 1 heterocycles. The number of hydrogen-bond donors (Lipinski definition) is 1. The monoisotopic (exact) mass is 474 g/mol. The van der Waals surface area contributed by atoms with Crippen LogP contribution in [-0.2, 0) is 12.6 Å². The van der Waals surface area contributed by atoms with E-state index < -0.39 is 23.2 Å². The lowest BCUT2D eigenvalue weighted by Gasteiger charge is -2.22. The van der Waals surface area contributed by atoms with Crippen molar-refractivity contribution in [3.05, 3.63) is 91.9 Å². The number of Topliss-reactive ketones (excluding diaryl/α,β-unsaturated/α-hetero) is 1. The fourth-order valence-corrected chi connectivity index (χ4v) is 4.03. The molecule has 170 valence electrons. The first-order valence-corrected chi connectivity index (χ1v) is 10.5. The Morgan fingerprint density at radius 2 is 1.76 bits per heavy atom. The van der Waals surface area contributed by atoms with Crippen molar-refractivity contribution in [1.82, 2.24) is 4.57 Å². The van der Waals surface area contributed by atoms with E-state index in [1.54, 1.807) is 25.1 Å². The van der Waals surface area contributed by atoms with Gasteiger partial charge in [0.1, 0.15) is 5.56 Å². The van der Waals surface area contributed by atoms with Crippen LogP contribution in [0.2, 0.25) is 5.02 Å². The average Bonchev–Trinajstić information content (AvgIpc) is 2.76. The molecule has 4 rings (SSSR count). The molecule has 0 saturated heterocycles. The minimum absolute atomic E-state index is 0.146. The van der Waals surface area contributed by atoms with Crippen molar-refractivity contribution in [2.75, 3.05) is 5.32 Å². The van der Waals surface area contributed by atoms with E-state index in [0.717, 1.165) is 28.8 Å². The highest BCUT2D eigenvalue weighted by Crippen LogP contribution is 2.30. The van der Waals surface area contributed by atoms with Crippen molar-refractivity contribution >= 4 is 29.0 Å². The smallest absolute Gasteiger partial charge is 0.322 e. The predicted molar refractivity (Wildman–Crippen MR) is 118 cm³/mol. The van der Waals surface area contributed by atoms with Crippen LogP contribution < -0.4 is 10.9 Å². The number of ketones is 1. The van der Waals surface area contributed by atoms with Crippen molar-refractivity contribution in [3.8, 4) is 5.69 Å². The highest BCUT2D eigenvalue weighted by atomic mass is 35.5. The van der Waals surface area contributed by atoms with Gasteiger partial charge in [-0.2, -0.15) is 13.2 Å². The van der Waals surface area contributed by atoms with Crippen LogP contribution in [-0.4, -0.2) is 16.3 Å². The summed E-state index contributed by atoms with van der Waals surface area (Å²) in [5.74, 6) is -0.975. The summed E-state index contributed by atoms with van der Waals surface area (Å²) in [5.41, 5.74) is -0.132. The molecular weight excluding hydrogens is 457 g/mol. The third-order valence-electron chi connectivity index (χ3n) is 5.63. The van der Waals surface area contributed by atoms with Crippen LogP contribution in [0.4, 0.5) is 18.9 Å². The summed E-state index contributed by atoms with van der Waals surface area (Å²) >= 11 is 6.10. The fraction of sp³-hybridized carbons (Fsp3) is 0.208. The number of halogens is 4. The maximum atomic E-state index is 13.4. The molecule has 0 saturated carbocycles. The molecule has 2 aromatic carbocycles. The third kappa shape index (κ3) is 4.30. The molecule has 0 spiro atoms. The Labute approximate surface area is 191 Å². The van der Waals surface area contributed by atoms with Crippen molar-refractivity contribution < 1.29 is 22.8 Å². The molecule has 1 aliphatic rings. The first kappa shape index (κ1) is 22.8. The molecule has 1 aromatic heterocycles. The summed E-state index contributed by atoms with van der Waals surface area (Å²) < 4.78 is 40.1. The van der Waals surface area contributed by atoms with E-state index in [4.69, 9.17) is 11.6 Å². The van der Waals surface area contributed by atoms with Gasteiger partial charge in [0.15, 0.2) is 5.78 Å². The number of carbonyl (C=O) groups is 2. The summed E-state index contributed by atoms with van der Waals surface area (Å²) in [4.78, 5) is 39.0. The third-order valence-corrected chi connectivity index (χ3v) is 6.04. The molecule has 1 aliphatic carbocycles. The van der Waals surface area contributed by atoms with E-state index in [1.807, 2.05) is 0 Å². The SMILES string of the molecule is Cc1c(Cl)cccc1NC(=O)c1cc2c(n(-c3ccc(C(F)(F)F)cc3)c1=O)CCCC2=O. The van der Waals surface area contributed by atoms with Gasteiger partial charge in [-0.25, -0.2) is 0 Å². The zero-order valence-corrected chi connectivity index (χ0v) is 18.2. The maximum Gasteiger partial charge on any atom is 0.416 e. The highest BCUT2D eigenvalue weighted by molar-refractivity contribution is 6.31. The first-order chi connectivity index (χ1) is 15.6. The molecule has 33 heavy (non-hydrogen) atoms. The standard InChI is InChI=1S/C24H18ClF3N2O3/c1-13-18(25)4-2-5-19(13)29-22(32)17-12-16-20(6-3-7-21(16)31)30(23(17)33)15-10-8-14(9-11-15)24(26,27)28/h2,4-5,8-12H,3,6-7H2,1H3,(H,29,32). The van der Waals surface area contributed by atoms with Gasteiger partial charge < -0.3 is 5.32 Å². The van der Waals surface area contributed by atoms with E-state index >= 15 is 0 Å². The normalized spacial score (nSPS) is 13.5. The summed E-state index contributed by atoms with van der Waals surface area (Å²) in [6.45, 7) is 1.70. The van der Waals surface area contributed by atoms with Gasteiger partial charge in [0.2, 0.25) is 0 Å². The fourth-order valence-electron chi connectivity index (χ4n) is 3.86. The number of benzene rings is 2. The van der Waals surface area contributed by atoms with Gasteiger partial charge in [0.25, 0.3) is 11.5 Å². The van der Waals surface area contributed by atoms with Crippen molar-refractivity contribution in [1.29, 1.82) is 0 Å². The number of nitrogens with zero attached hydrogens (tertiary/aromatic N) is 1. The van der Waals surface area contributed by atoms with Gasteiger partial charge in [-0.05, 0) is 67.8 Å². The molecule has 0 unspecified atom stereocenters. The van der Waals surface area contributed by atoms with Gasteiger partial charge >= 0.3 is 6.18 Å². The Kier molecular flexibility index (Phi) is 5.88. The molecule has 0 radical (unpaired) electrons. The van der Waals surface area contributed by atoms with Crippen molar-refractivity contribution in [2.24, 2.45) is 0 Å². The van der Waals surface area contributed by atoms with Crippen LogP contribution in [0.3, 0.4) is 0 Å². The molecule has 9 heteroatoms. The van der Waals surface area contributed by atoms with Gasteiger partial charge in [-0.3, -0.25) is 19.0 Å². The summed E-state index contributed by atoms with van der Waals surface area (Å²) in [6.07, 6.45) is -3.39. The van der Waals surface area contributed by atoms with E-state index in [0.29, 0.717) is 34.8 Å². The van der Waals surface area contributed by atoms with Gasteiger partial charge in [0, 0.05) is 34.1 Å². The number of pyridine rings is 1. The second kappa shape index (κ2) is 8.51. The van der Waals surface area contributed by atoms with Crippen molar-refractivity contribution in [3.63, 3.8) is 0 Å². The number of fused-ring (bicyclic) bond motifs is 1. The highest BCUT2D eigenvalue weighted by Gasteiger charge is 2.31. The van der Waals surface area contributed by atoms with Crippen LogP contribution in [0, 0.1) is 6.92 Å². The molecule has 0 fully saturated rings. The molecular formula is C24H18ClF3N2O3. The summed E-state index contributed by atoms with van der Waals surface area (Å²) in [5, 5.41) is 3.07. The number of rotatable bonds is 3. The van der Waals surface area contributed by atoms with Crippen LogP contribution >= 0.6 is 11.6 Å². The number of aromatic nitrogens is 1. The number of anilines is 1. The molecule has 3 aromatic rings. The predicted octanol–water partition coefficient (Wildman–Crippen LogP) is 5.59. The second-order valence-corrected chi connectivity index (χ2v) is 8.15. The van der Waals surface area contributed by atoms with Gasteiger partial charge in [-0.15, -0.1) is 0 Å². The largest absolute Gasteiger partial charge is 0.416 e. The Balaban J connectivity index is 1.85. The van der Waals surface area contributed by atoms with E-state index in [2.05, 4.69) is 5.32 Å². The molecule has 1 N–H and O–H groups in total. The quantitative estimate of drug-likeness (QED) is 0.538. The number of alkyl halides is 3. The first-order valence-electron chi connectivity index (χ1n) is 10.1. The maximum absolute atomic E-state index is 13.4. The second-order valence-electron chi connectivity index (χ2n) is 7.75. The average molecular weight is 475 g/mol. The molecule has 0 aliphatic heterocycles. The van der Waals surface area contributed by atoms with E-state index in [-0.39, 0.29) is 29.0 Å². The number of hydrogen-bond acceptors (Lipinski definition) is 3. The lowest BCUT2D eigenvalue weighted by atomic mass is 9.92. The van der Waals surface area contributed by atoms with E-state index in [9.17, 15) is 27.6 Å². The van der Waals surface area contributed by atoms with E-state index in [1.165, 1.54) is 6.07 Å². The lowest BCUT2D eigenvalue weighted by molar-refractivity contribution is -0.137. The lowest BCUT2D eigenvalue weighted by Crippen LogP contribution is -2.33. The number of carbonyl (C=O) groups excluding carboxylic acids is 2. The zero-order valence-electron chi connectivity index (χ0n) is 17.4. The Morgan fingerprint density at radius 3 is 2.42 bits per heavy atom. The van der Waals surface area contributed by atoms with Crippen LogP contribution in [0.15, 0.2) is 53.3 Å². The number of nitrogens with one attached hydrogen (secondary N) is 1. The van der Waals surface area contributed by atoms with Gasteiger partial charge in [-0.1, -0.05) is 17.7 Å².